The third-order valence-corrected chi connectivity index (χ3v) is 2.79. The molecule has 20 heavy (non-hydrogen) atoms. The van der Waals surface area contributed by atoms with Crippen LogP contribution in [0.1, 0.15) is 18.1 Å². The maximum Gasteiger partial charge on any atom is 0.161 e. The number of aromatic hydroxyl groups is 1. The zero-order valence-electron chi connectivity index (χ0n) is 11.4. The summed E-state index contributed by atoms with van der Waals surface area (Å²) in [5, 5.41) is 19.1. The first-order chi connectivity index (χ1) is 9.65. The minimum atomic E-state index is -0.508. The van der Waals surface area contributed by atoms with Gasteiger partial charge in [-0.3, -0.25) is 0 Å². The van der Waals surface area contributed by atoms with Crippen molar-refractivity contribution in [1.29, 1.82) is 0 Å². The molecule has 0 aliphatic heterocycles. The monoisotopic (exact) mass is 270 g/mol. The molecule has 0 aliphatic carbocycles. The first kappa shape index (κ1) is 14.2. The second kappa shape index (κ2) is 6.78. The van der Waals surface area contributed by atoms with Crippen molar-refractivity contribution in [3.63, 3.8) is 0 Å². The Morgan fingerprint density at radius 1 is 1.15 bits per heavy atom. The van der Waals surface area contributed by atoms with E-state index in [0.717, 1.165) is 11.1 Å². The van der Waals surface area contributed by atoms with Crippen molar-refractivity contribution in [3.05, 3.63) is 65.7 Å². The molecule has 0 fully saturated rings. The molecule has 2 rings (SSSR count). The number of aliphatic hydroxyl groups is 1. The molecule has 0 amide bonds. The van der Waals surface area contributed by atoms with Crippen molar-refractivity contribution in [2.45, 2.75) is 19.6 Å². The first-order valence-corrected chi connectivity index (χ1v) is 6.51. The third kappa shape index (κ3) is 4.14. The molecule has 0 saturated heterocycles. The van der Waals surface area contributed by atoms with Crippen LogP contribution in [0.2, 0.25) is 0 Å². The highest BCUT2D eigenvalue weighted by atomic mass is 16.5. The van der Waals surface area contributed by atoms with Gasteiger partial charge in [0.1, 0.15) is 6.61 Å². The van der Waals surface area contributed by atoms with Crippen molar-refractivity contribution in [2.75, 3.05) is 0 Å². The minimum Gasteiger partial charge on any atom is -0.504 e. The van der Waals surface area contributed by atoms with Gasteiger partial charge in [0.05, 0.1) is 6.10 Å². The average Bonchev–Trinajstić information content (AvgIpc) is 2.45. The molecule has 0 saturated carbocycles. The quantitative estimate of drug-likeness (QED) is 0.875. The molecule has 0 bridgehead atoms. The second-order valence-electron chi connectivity index (χ2n) is 4.60. The van der Waals surface area contributed by atoms with E-state index in [9.17, 15) is 10.2 Å². The number of ether oxygens (including phenoxy) is 1. The summed E-state index contributed by atoms with van der Waals surface area (Å²) in [7, 11) is 0. The highest BCUT2D eigenvalue weighted by Gasteiger charge is 2.03. The zero-order valence-corrected chi connectivity index (χ0v) is 11.4. The molecule has 0 aromatic heterocycles. The number of phenolic OH excluding ortho intramolecular Hbond substituents is 1. The van der Waals surface area contributed by atoms with Crippen LogP contribution in [0.25, 0.3) is 6.08 Å². The van der Waals surface area contributed by atoms with Gasteiger partial charge in [-0.1, -0.05) is 48.6 Å². The van der Waals surface area contributed by atoms with E-state index in [1.807, 2.05) is 36.4 Å². The van der Waals surface area contributed by atoms with E-state index in [2.05, 4.69) is 0 Å². The summed E-state index contributed by atoms with van der Waals surface area (Å²) in [5.74, 6) is 0.539. The maximum atomic E-state index is 9.91. The molecule has 0 spiro atoms. The number of hydrogen-bond donors (Lipinski definition) is 2. The SMILES string of the molecule is CC(O)/C=C/c1ccc(OCc2ccccc2)c(O)c1. The first-order valence-electron chi connectivity index (χ1n) is 6.51. The number of aliphatic hydroxyl groups excluding tert-OH is 1. The molecule has 104 valence electrons. The molecule has 1 atom stereocenters. The van der Waals surface area contributed by atoms with E-state index in [1.54, 1.807) is 31.2 Å². The number of rotatable bonds is 5. The molecule has 1 unspecified atom stereocenters. The van der Waals surface area contributed by atoms with Gasteiger partial charge in [0.15, 0.2) is 11.5 Å². The van der Waals surface area contributed by atoms with E-state index < -0.39 is 6.10 Å². The summed E-state index contributed by atoms with van der Waals surface area (Å²) in [6.07, 6.45) is 2.90. The molecule has 2 aromatic rings. The van der Waals surface area contributed by atoms with Crippen LogP contribution < -0.4 is 4.74 Å². The van der Waals surface area contributed by atoms with Crippen molar-refractivity contribution in [3.8, 4) is 11.5 Å². The summed E-state index contributed by atoms with van der Waals surface area (Å²) >= 11 is 0. The lowest BCUT2D eigenvalue weighted by Gasteiger charge is -2.08. The topological polar surface area (TPSA) is 49.7 Å². The van der Waals surface area contributed by atoms with Gasteiger partial charge in [0, 0.05) is 0 Å². The van der Waals surface area contributed by atoms with Gasteiger partial charge in [-0.25, -0.2) is 0 Å². The van der Waals surface area contributed by atoms with Gasteiger partial charge in [-0.15, -0.1) is 0 Å². The highest BCUT2D eigenvalue weighted by Crippen LogP contribution is 2.28. The van der Waals surface area contributed by atoms with Gasteiger partial charge >= 0.3 is 0 Å². The maximum absolute atomic E-state index is 9.91. The molecular weight excluding hydrogens is 252 g/mol. The molecule has 3 nitrogen and oxygen atoms in total. The summed E-state index contributed by atoms with van der Waals surface area (Å²) < 4.78 is 5.58. The van der Waals surface area contributed by atoms with Crippen molar-refractivity contribution in [1.82, 2.24) is 0 Å². The predicted octanol–water partition coefficient (Wildman–Crippen LogP) is 3.37. The molecule has 0 aliphatic rings. The molecule has 0 radical (unpaired) electrons. The lowest BCUT2D eigenvalue weighted by Crippen LogP contribution is -1.95. The fraction of sp³-hybridized carbons (Fsp3) is 0.176. The van der Waals surface area contributed by atoms with Gasteiger partial charge in [-0.05, 0) is 30.2 Å². The standard InChI is InChI=1S/C17H18O3/c1-13(18)7-8-14-9-10-17(16(19)11-14)20-12-15-5-3-2-4-6-15/h2-11,13,18-19H,12H2,1H3/b8-7+. The van der Waals surface area contributed by atoms with Crippen LogP contribution in [-0.4, -0.2) is 16.3 Å². The van der Waals surface area contributed by atoms with Crippen molar-refractivity contribution in [2.24, 2.45) is 0 Å². The Labute approximate surface area is 118 Å². The lowest BCUT2D eigenvalue weighted by molar-refractivity contribution is 0.245. The fourth-order valence-corrected chi connectivity index (χ4v) is 1.75. The van der Waals surface area contributed by atoms with Crippen LogP contribution in [0.5, 0.6) is 11.5 Å². The Morgan fingerprint density at radius 3 is 2.55 bits per heavy atom. The van der Waals surface area contributed by atoms with E-state index in [4.69, 9.17) is 4.74 Å². The van der Waals surface area contributed by atoms with Crippen LogP contribution in [-0.2, 0) is 6.61 Å². The largest absolute Gasteiger partial charge is 0.504 e. The third-order valence-electron chi connectivity index (χ3n) is 2.79. The van der Waals surface area contributed by atoms with Gasteiger partial charge in [0.25, 0.3) is 0 Å². The van der Waals surface area contributed by atoms with Gasteiger partial charge in [-0.2, -0.15) is 0 Å². The Morgan fingerprint density at radius 2 is 1.90 bits per heavy atom. The van der Waals surface area contributed by atoms with Crippen LogP contribution in [0.4, 0.5) is 0 Å². The second-order valence-corrected chi connectivity index (χ2v) is 4.60. The van der Waals surface area contributed by atoms with E-state index in [-0.39, 0.29) is 5.75 Å². The minimum absolute atomic E-state index is 0.0914. The van der Waals surface area contributed by atoms with Crippen LogP contribution in [0, 0.1) is 0 Å². The number of hydrogen-bond acceptors (Lipinski definition) is 3. The van der Waals surface area contributed by atoms with Crippen LogP contribution in [0.3, 0.4) is 0 Å². The van der Waals surface area contributed by atoms with E-state index >= 15 is 0 Å². The molecule has 2 aromatic carbocycles. The molecular formula is C17H18O3. The van der Waals surface area contributed by atoms with Crippen LogP contribution >= 0.6 is 0 Å². The Bertz CT molecular complexity index is 574. The van der Waals surface area contributed by atoms with Crippen molar-refractivity contribution < 1.29 is 14.9 Å². The van der Waals surface area contributed by atoms with Gasteiger partial charge in [0.2, 0.25) is 0 Å². The summed E-state index contributed by atoms with van der Waals surface area (Å²) in [5.41, 5.74) is 1.86. The normalized spacial score (nSPS) is 12.5. The predicted molar refractivity (Wildman–Crippen MR) is 79.6 cm³/mol. The Hall–Kier alpha value is -2.26. The fourth-order valence-electron chi connectivity index (χ4n) is 1.75. The number of phenols is 1. The summed E-state index contributed by atoms with van der Waals surface area (Å²) in [4.78, 5) is 0. The smallest absolute Gasteiger partial charge is 0.161 e. The molecule has 3 heteroatoms. The van der Waals surface area contributed by atoms with Crippen LogP contribution in [0.15, 0.2) is 54.6 Å². The lowest BCUT2D eigenvalue weighted by atomic mass is 10.1. The average molecular weight is 270 g/mol. The van der Waals surface area contributed by atoms with Gasteiger partial charge < -0.3 is 14.9 Å². The summed E-state index contributed by atoms with van der Waals surface area (Å²) in [6, 6.07) is 14.9. The van der Waals surface area contributed by atoms with E-state index in [1.165, 1.54) is 0 Å². The summed E-state index contributed by atoms with van der Waals surface area (Å²) in [6.45, 7) is 2.09. The molecule has 0 heterocycles. The number of benzene rings is 2. The highest BCUT2D eigenvalue weighted by molar-refractivity contribution is 5.55. The van der Waals surface area contributed by atoms with Crippen molar-refractivity contribution >= 4 is 6.08 Å². The zero-order chi connectivity index (χ0) is 14.4. The molecule has 2 N–H and O–H groups in total. The van der Waals surface area contributed by atoms with E-state index in [0.29, 0.717) is 12.4 Å². The Kier molecular flexibility index (Phi) is 4.80. The Balaban J connectivity index is 2.03.